The van der Waals surface area contributed by atoms with Crippen LogP contribution in [0.25, 0.3) is 11.0 Å². The molecule has 1 heterocycles. The number of hydrogen-bond acceptors (Lipinski definition) is 5. The lowest BCUT2D eigenvalue weighted by Crippen LogP contribution is -2.31. The van der Waals surface area contributed by atoms with Crippen molar-refractivity contribution in [1.82, 2.24) is 9.55 Å². The molecule has 22 heavy (non-hydrogen) atoms. The number of hydrogen-bond donors (Lipinski definition) is 1. The maximum absolute atomic E-state index is 11.7. The number of nitrogens with zero attached hydrogens (tertiary/aromatic N) is 2. The van der Waals surface area contributed by atoms with Crippen LogP contribution in [0.15, 0.2) is 29.4 Å². The van der Waals surface area contributed by atoms with Crippen molar-refractivity contribution in [3.05, 3.63) is 24.3 Å². The third kappa shape index (κ3) is 3.79. The Morgan fingerprint density at radius 3 is 2.82 bits per heavy atom. The molecule has 0 aliphatic heterocycles. The van der Waals surface area contributed by atoms with E-state index in [2.05, 4.69) is 16.5 Å². The highest BCUT2D eigenvalue weighted by molar-refractivity contribution is 7.99. The summed E-state index contributed by atoms with van der Waals surface area (Å²) in [5.74, 6) is -1.05. The molecular weight excluding hydrogens is 302 g/mol. The number of nitrogens with two attached hydrogens (primary N) is 1. The first-order valence-electron chi connectivity index (χ1n) is 7.09. The second-order valence-electron chi connectivity index (χ2n) is 4.86. The molecule has 118 valence electrons. The molecular formula is C15H19N3O3S. The normalized spacial score (nSPS) is 12.3. The van der Waals surface area contributed by atoms with E-state index in [9.17, 15) is 9.59 Å². The smallest absolute Gasteiger partial charge is 0.317 e. The second kappa shape index (κ2) is 7.31. The highest BCUT2D eigenvalue weighted by Crippen LogP contribution is 2.24. The summed E-state index contributed by atoms with van der Waals surface area (Å²) < 4.78 is 7.02. The number of primary amides is 1. The van der Waals surface area contributed by atoms with Gasteiger partial charge < -0.3 is 15.0 Å². The van der Waals surface area contributed by atoms with E-state index in [1.807, 2.05) is 24.3 Å². The van der Waals surface area contributed by atoms with Crippen LogP contribution in [0, 0.1) is 0 Å². The van der Waals surface area contributed by atoms with Gasteiger partial charge in [0.2, 0.25) is 0 Å². The number of ether oxygens (including phenoxy) is 1. The SMILES string of the molecule is CCCn1c(SCC(=O)O[C@@H](C)C(N)=O)nc2ccccc21. The highest BCUT2D eigenvalue weighted by Gasteiger charge is 2.17. The third-order valence-electron chi connectivity index (χ3n) is 3.09. The molecule has 0 spiro atoms. The number of thioether (sulfide) groups is 1. The summed E-state index contributed by atoms with van der Waals surface area (Å²) in [4.78, 5) is 27.2. The van der Waals surface area contributed by atoms with Crippen molar-refractivity contribution in [2.75, 3.05) is 5.75 Å². The quantitative estimate of drug-likeness (QED) is 0.622. The monoisotopic (exact) mass is 321 g/mol. The van der Waals surface area contributed by atoms with E-state index in [0.717, 1.165) is 29.2 Å². The lowest BCUT2D eigenvalue weighted by molar-refractivity contribution is -0.151. The van der Waals surface area contributed by atoms with E-state index in [-0.39, 0.29) is 5.75 Å². The topological polar surface area (TPSA) is 87.2 Å². The van der Waals surface area contributed by atoms with E-state index < -0.39 is 18.0 Å². The Balaban J connectivity index is 2.09. The molecule has 0 radical (unpaired) electrons. The van der Waals surface area contributed by atoms with Gasteiger partial charge in [-0.25, -0.2) is 4.98 Å². The molecule has 1 amide bonds. The van der Waals surface area contributed by atoms with Crippen molar-refractivity contribution in [3.8, 4) is 0 Å². The Kier molecular flexibility index (Phi) is 5.43. The standard InChI is InChI=1S/C15H19N3O3S/c1-3-8-18-12-7-5-4-6-11(12)17-15(18)22-9-13(19)21-10(2)14(16)20/h4-7,10H,3,8-9H2,1-2H3,(H2,16,20)/t10-/m0/s1. The van der Waals surface area contributed by atoms with E-state index in [0.29, 0.717) is 0 Å². The molecule has 1 aromatic carbocycles. The van der Waals surface area contributed by atoms with Crippen molar-refractivity contribution in [3.63, 3.8) is 0 Å². The fraction of sp³-hybridized carbons (Fsp3) is 0.400. The predicted octanol–water partition coefficient (Wildman–Crippen LogP) is 1.96. The van der Waals surface area contributed by atoms with Gasteiger partial charge in [-0.15, -0.1) is 0 Å². The van der Waals surface area contributed by atoms with Crippen LogP contribution in [0.5, 0.6) is 0 Å². The Labute approximate surface area is 133 Å². The first-order chi connectivity index (χ1) is 10.5. The maximum atomic E-state index is 11.7. The minimum atomic E-state index is -0.914. The van der Waals surface area contributed by atoms with Crippen molar-refractivity contribution < 1.29 is 14.3 Å². The molecule has 0 aliphatic rings. The number of carbonyl (C=O) groups excluding carboxylic acids is 2. The number of para-hydroxylation sites is 2. The molecule has 7 heteroatoms. The van der Waals surface area contributed by atoms with Gasteiger partial charge in [0.1, 0.15) is 0 Å². The van der Waals surface area contributed by atoms with Crippen molar-refractivity contribution in [1.29, 1.82) is 0 Å². The van der Waals surface area contributed by atoms with Crippen LogP contribution in [0.4, 0.5) is 0 Å². The number of amides is 1. The van der Waals surface area contributed by atoms with Crippen LogP contribution < -0.4 is 5.73 Å². The number of aryl methyl sites for hydroxylation is 1. The molecule has 0 saturated carbocycles. The van der Waals surface area contributed by atoms with E-state index >= 15 is 0 Å². The minimum absolute atomic E-state index is 0.0880. The average molecular weight is 321 g/mol. The average Bonchev–Trinajstić information content (AvgIpc) is 2.83. The second-order valence-corrected chi connectivity index (χ2v) is 5.80. The molecule has 0 bridgehead atoms. The van der Waals surface area contributed by atoms with Gasteiger partial charge in [0, 0.05) is 6.54 Å². The van der Waals surface area contributed by atoms with Crippen LogP contribution in [0.1, 0.15) is 20.3 Å². The fourth-order valence-electron chi connectivity index (χ4n) is 2.02. The fourth-order valence-corrected chi connectivity index (χ4v) is 2.84. The highest BCUT2D eigenvalue weighted by atomic mass is 32.2. The molecule has 0 saturated heterocycles. The summed E-state index contributed by atoms with van der Waals surface area (Å²) in [5, 5.41) is 0.770. The Morgan fingerprint density at radius 2 is 2.14 bits per heavy atom. The van der Waals surface area contributed by atoms with Crippen molar-refractivity contribution in [2.45, 2.75) is 38.1 Å². The van der Waals surface area contributed by atoms with Gasteiger partial charge in [0.05, 0.1) is 16.8 Å². The number of fused-ring (bicyclic) bond motifs is 1. The van der Waals surface area contributed by atoms with Gasteiger partial charge in [-0.3, -0.25) is 9.59 Å². The van der Waals surface area contributed by atoms with Crippen molar-refractivity contribution in [2.24, 2.45) is 5.73 Å². The minimum Gasteiger partial charge on any atom is -0.452 e. The first kappa shape index (κ1) is 16.4. The number of imidazole rings is 1. The van der Waals surface area contributed by atoms with Crippen LogP contribution in [0.3, 0.4) is 0 Å². The molecule has 0 fully saturated rings. The van der Waals surface area contributed by atoms with Gasteiger partial charge in [0.25, 0.3) is 5.91 Å². The molecule has 2 N–H and O–H groups in total. The summed E-state index contributed by atoms with van der Waals surface area (Å²) >= 11 is 1.30. The summed E-state index contributed by atoms with van der Waals surface area (Å²) in [6.07, 6.45) is 0.0550. The first-order valence-corrected chi connectivity index (χ1v) is 8.08. The number of rotatable bonds is 7. The van der Waals surface area contributed by atoms with E-state index in [1.54, 1.807) is 0 Å². The van der Waals surface area contributed by atoms with Gasteiger partial charge in [-0.05, 0) is 25.5 Å². The summed E-state index contributed by atoms with van der Waals surface area (Å²) in [5.41, 5.74) is 7.01. The van der Waals surface area contributed by atoms with Crippen LogP contribution >= 0.6 is 11.8 Å². The van der Waals surface area contributed by atoms with Gasteiger partial charge >= 0.3 is 5.97 Å². The van der Waals surface area contributed by atoms with Crippen molar-refractivity contribution >= 4 is 34.7 Å². The van der Waals surface area contributed by atoms with Gasteiger partial charge in [0.15, 0.2) is 11.3 Å². The van der Waals surface area contributed by atoms with Crippen LogP contribution in [-0.4, -0.2) is 33.3 Å². The van der Waals surface area contributed by atoms with Crippen LogP contribution in [0.2, 0.25) is 0 Å². The molecule has 2 rings (SSSR count). The molecule has 6 nitrogen and oxygen atoms in total. The molecule has 2 aromatic rings. The number of aromatic nitrogens is 2. The third-order valence-corrected chi connectivity index (χ3v) is 4.04. The van der Waals surface area contributed by atoms with Gasteiger partial charge in [-0.2, -0.15) is 0 Å². The zero-order valence-corrected chi connectivity index (χ0v) is 13.4. The Bertz CT molecular complexity index is 684. The number of carbonyl (C=O) groups is 2. The maximum Gasteiger partial charge on any atom is 0.317 e. The van der Waals surface area contributed by atoms with Crippen LogP contribution in [-0.2, 0) is 20.9 Å². The lowest BCUT2D eigenvalue weighted by Gasteiger charge is -2.10. The summed E-state index contributed by atoms with van der Waals surface area (Å²) in [7, 11) is 0. The molecule has 0 aliphatic carbocycles. The molecule has 1 aromatic heterocycles. The summed E-state index contributed by atoms with van der Waals surface area (Å²) in [6.45, 7) is 4.37. The van der Waals surface area contributed by atoms with E-state index in [1.165, 1.54) is 18.7 Å². The van der Waals surface area contributed by atoms with E-state index in [4.69, 9.17) is 10.5 Å². The zero-order valence-electron chi connectivity index (χ0n) is 12.6. The predicted molar refractivity (Wildman–Crippen MR) is 85.5 cm³/mol. The number of benzene rings is 1. The zero-order chi connectivity index (χ0) is 16.1. The molecule has 1 atom stereocenters. The Morgan fingerprint density at radius 1 is 1.41 bits per heavy atom. The number of esters is 1. The molecule has 0 unspecified atom stereocenters. The van der Waals surface area contributed by atoms with Gasteiger partial charge in [-0.1, -0.05) is 30.8 Å². The lowest BCUT2D eigenvalue weighted by atomic mass is 10.3. The summed E-state index contributed by atoms with van der Waals surface area (Å²) in [6, 6.07) is 7.85. The largest absolute Gasteiger partial charge is 0.452 e. The Hall–Kier alpha value is -2.02.